The molecular weight excluding hydrogens is 129 g/mol. The molecule has 3 nitrogen and oxygen atoms in total. The third kappa shape index (κ3) is 2.09. The first-order valence-corrected chi connectivity index (χ1v) is 2.82. The van der Waals surface area contributed by atoms with E-state index in [1.54, 1.807) is 12.1 Å². The van der Waals surface area contributed by atoms with Gasteiger partial charge < -0.3 is 9.41 Å². The molecule has 1 rings (SSSR count). The Kier molecular flexibility index (Phi) is 2.79. The molecule has 4 heteroatoms. The zero-order chi connectivity index (χ0) is 7.23. The van der Waals surface area contributed by atoms with Gasteiger partial charge in [-0.3, -0.25) is 0 Å². The van der Waals surface area contributed by atoms with Gasteiger partial charge in [-0.2, -0.15) is 0 Å². The first-order chi connectivity index (χ1) is 4.93. The van der Waals surface area contributed by atoms with Crippen LogP contribution >= 0.6 is 0 Å². The van der Waals surface area contributed by atoms with Crippen LogP contribution in [0.3, 0.4) is 0 Å². The number of hydrogen-bond acceptors (Lipinski definition) is 3. The second-order valence-electron chi connectivity index (χ2n) is 1.66. The quantitative estimate of drug-likeness (QED) is 0.485. The Bertz CT molecular complexity index is 180. The van der Waals surface area contributed by atoms with E-state index in [4.69, 9.17) is 10.6 Å². The van der Waals surface area contributed by atoms with Gasteiger partial charge >= 0.3 is 7.69 Å². The van der Waals surface area contributed by atoms with Gasteiger partial charge in [0.25, 0.3) is 0 Å². The Balaban J connectivity index is 2.43. The summed E-state index contributed by atoms with van der Waals surface area (Å²) >= 11 is 0. The topological polar surface area (TPSA) is 44.5 Å². The molecule has 0 aliphatic rings. The molecule has 1 radical (unpaired) electrons. The van der Waals surface area contributed by atoms with E-state index in [9.17, 15) is 0 Å². The Hall–Kier alpha value is -0.995. The van der Waals surface area contributed by atoms with E-state index in [2.05, 4.69) is 4.76 Å². The van der Waals surface area contributed by atoms with Gasteiger partial charge in [0.05, 0.1) is 0 Å². The second-order valence-corrected chi connectivity index (χ2v) is 1.66. The maximum atomic E-state index is 4.88. The Morgan fingerprint density at radius 3 is 2.50 bits per heavy atom. The standard InChI is InChI=1S/C6H7BNO2/c8-10-7-9-6-4-2-1-3-5-6/h1-5H,8H2. The lowest BCUT2D eigenvalue weighted by atomic mass is 10.3. The zero-order valence-electron chi connectivity index (χ0n) is 5.36. The van der Waals surface area contributed by atoms with Gasteiger partial charge in [0.15, 0.2) is 0 Å². The average Bonchev–Trinajstić information content (AvgIpc) is 2.03. The summed E-state index contributed by atoms with van der Waals surface area (Å²) in [7, 11) is 1.06. The van der Waals surface area contributed by atoms with Crippen molar-refractivity contribution in [2.24, 2.45) is 5.90 Å². The first-order valence-electron chi connectivity index (χ1n) is 2.82. The fourth-order valence-electron chi connectivity index (χ4n) is 0.582. The van der Waals surface area contributed by atoms with Crippen molar-refractivity contribution in [3.63, 3.8) is 0 Å². The van der Waals surface area contributed by atoms with Crippen LogP contribution in [0.15, 0.2) is 30.3 Å². The van der Waals surface area contributed by atoms with Gasteiger partial charge in [-0.15, -0.1) is 0 Å². The van der Waals surface area contributed by atoms with Gasteiger partial charge in [0, 0.05) is 0 Å². The van der Waals surface area contributed by atoms with Gasteiger partial charge in [0.2, 0.25) is 0 Å². The summed E-state index contributed by atoms with van der Waals surface area (Å²) in [5.74, 6) is 5.40. The van der Waals surface area contributed by atoms with Crippen LogP contribution in [0.25, 0.3) is 0 Å². The summed E-state index contributed by atoms with van der Waals surface area (Å²) in [5.41, 5.74) is 0. The van der Waals surface area contributed by atoms with Gasteiger partial charge in [-0.05, 0) is 12.1 Å². The van der Waals surface area contributed by atoms with E-state index >= 15 is 0 Å². The molecule has 0 bridgehead atoms. The van der Waals surface area contributed by atoms with Crippen LogP contribution in [0.4, 0.5) is 0 Å². The Morgan fingerprint density at radius 2 is 1.90 bits per heavy atom. The van der Waals surface area contributed by atoms with Crippen LogP contribution in [-0.4, -0.2) is 7.69 Å². The van der Waals surface area contributed by atoms with Crippen LogP contribution in [-0.2, 0) is 4.76 Å². The molecule has 0 aliphatic carbocycles. The maximum Gasteiger partial charge on any atom is 0.590 e. The molecule has 0 amide bonds. The minimum atomic E-state index is 0.702. The molecular formula is C6H7BNO2. The molecule has 0 saturated carbocycles. The zero-order valence-corrected chi connectivity index (χ0v) is 5.36. The number of rotatable bonds is 3. The lowest BCUT2D eigenvalue weighted by Crippen LogP contribution is -2.11. The molecule has 0 unspecified atom stereocenters. The maximum absolute atomic E-state index is 4.88. The molecule has 0 heterocycles. The minimum absolute atomic E-state index is 0.702. The third-order valence-electron chi connectivity index (χ3n) is 0.983. The predicted octanol–water partition coefficient (Wildman–Crippen LogP) is 0.490. The summed E-state index contributed by atoms with van der Waals surface area (Å²) in [5, 5.41) is 0. The van der Waals surface area contributed by atoms with E-state index in [1.165, 1.54) is 0 Å². The molecule has 0 aliphatic heterocycles. The highest BCUT2D eigenvalue weighted by Crippen LogP contribution is 2.06. The smallest absolute Gasteiger partial charge is 0.536 e. The first kappa shape index (κ1) is 7.12. The van der Waals surface area contributed by atoms with Crippen molar-refractivity contribution in [2.45, 2.75) is 0 Å². The number of nitrogens with two attached hydrogens (primary N) is 1. The van der Waals surface area contributed by atoms with Crippen LogP contribution in [0, 0.1) is 0 Å². The highest BCUT2D eigenvalue weighted by atomic mass is 16.7. The summed E-state index contributed by atoms with van der Waals surface area (Å²) in [4.78, 5) is 0. The van der Waals surface area contributed by atoms with Crippen molar-refractivity contribution >= 4 is 7.69 Å². The molecule has 10 heavy (non-hydrogen) atoms. The van der Waals surface area contributed by atoms with Crippen molar-refractivity contribution in [3.05, 3.63) is 30.3 Å². The van der Waals surface area contributed by atoms with Crippen molar-refractivity contribution in [2.75, 3.05) is 0 Å². The third-order valence-corrected chi connectivity index (χ3v) is 0.983. The highest BCUT2D eigenvalue weighted by Gasteiger charge is 1.92. The lowest BCUT2D eigenvalue weighted by Gasteiger charge is -1.99. The van der Waals surface area contributed by atoms with Crippen LogP contribution in [0.1, 0.15) is 0 Å². The summed E-state index contributed by atoms with van der Waals surface area (Å²) in [6.45, 7) is 0. The summed E-state index contributed by atoms with van der Waals surface area (Å²) in [6, 6.07) is 9.22. The molecule has 1 aromatic carbocycles. The Morgan fingerprint density at radius 1 is 1.20 bits per heavy atom. The fraction of sp³-hybridized carbons (Fsp3) is 0. The van der Waals surface area contributed by atoms with Crippen molar-refractivity contribution < 1.29 is 9.41 Å². The van der Waals surface area contributed by atoms with Crippen LogP contribution in [0.5, 0.6) is 5.75 Å². The number of para-hydroxylation sites is 1. The monoisotopic (exact) mass is 136 g/mol. The predicted molar refractivity (Wildman–Crippen MR) is 38.1 cm³/mol. The van der Waals surface area contributed by atoms with Crippen LogP contribution in [0.2, 0.25) is 0 Å². The normalized spacial score (nSPS) is 8.90. The van der Waals surface area contributed by atoms with Crippen LogP contribution < -0.4 is 10.6 Å². The molecule has 0 fully saturated rings. The van der Waals surface area contributed by atoms with E-state index < -0.39 is 0 Å². The SMILES string of the molecule is NO[B]Oc1ccccc1. The summed E-state index contributed by atoms with van der Waals surface area (Å²) in [6.07, 6.45) is 0. The second kappa shape index (κ2) is 3.92. The van der Waals surface area contributed by atoms with E-state index in [1.807, 2.05) is 18.2 Å². The van der Waals surface area contributed by atoms with E-state index in [0.29, 0.717) is 5.75 Å². The van der Waals surface area contributed by atoms with Crippen molar-refractivity contribution in [3.8, 4) is 5.75 Å². The largest absolute Gasteiger partial charge is 0.590 e. The molecule has 0 spiro atoms. The van der Waals surface area contributed by atoms with Crippen molar-refractivity contribution in [1.29, 1.82) is 0 Å². The van der Waals surface area contributed by atoms with Gasteiger partial charge in [0.1, 0.15) is 5.75 Å². The molecule has 0 atom stereocenters. The molecule has 1 aromatic rings. The molecule has 0 saturated heterocycles. The Labute approximate surface area is 60.0 Å². The minimum Gasteiger partial charge on any atom is -0.536 e. The number of hydrogen-bond donors (Lipinski definition) is 1. The molecule has 51 valence electrons. The molecule has 2 N–H and O–H groups in total. The van der Waals surface area contributed by atoms with E-state index in [0.717, 1.165) is 7.69 Å². The highest BCUT2D eigenvalue weighted by molar-refractivity contribution is 6.19. The van der Waals surface area contributed by atoms with Gasteiger partial charge in [-0.25, -0.2) is 5.90 Å². The van der Waals surface area contributed by atoms with Crippen molar-refractivity contribution in [1.82, 2.24) is 0 Å². The lowest BCUT2D eigenvalue weighted by molar-refractivity contribution is 0.302. The van der Waals surface area contributed by atoms with Gasteiger partial charge in [-0.1, -0.05) is 18.2 Å². The number of benzene rings is 1. The fourth-order valence-corrected chi connectivity index (χ4v) is 0.582. The summed E-state index contributed by atoms with van der Waals surface area (Å²) < 4.78 is 8.98. The average molecular weight is 136 g/mol. The molecule has 0 aromatic heterocycles. The van der Waals surface area contributed by atoms with E-state index in [-0.39, 0.29) is 0 Å².